The molecule has 0 saturated heterocycles. The van der Waals surface area contributed by atoms with Crippen LogP contribution in [-0.2, 0) is 4.74 Å². The fourth-order valence-corrected chi connectivity index (χ4v) is 2.15. The van der Waals surface area contributed by atoms with Crippen LogP contribution in [0.25, 0.3) is 0 Å². The molecule has 16 heavy (non-hydrogen) atoms. The molecule has 0 radical (unpaired) electrons. The van der Waals surface area contributed by atoms with Gasteiger partial charge in [-0.15, -0.1) is 0 Å². The van der Waals surface area contributed by atoms with E-state index in [4.69, 9.17) is 4.74 Å². The van der Waals surface area contributed by atoms with Gasteiger partial charge in [0, 0.05) is 12.6 Å². The highest BCUT2D eigenvalue weighted by molar-refractivity contribution is 4.73. The molecule has 1 fully saturated rings. The molecule has 0 heterocycles. The first kappa shape index (κ1) is 13.9. The predicted molar refractivity (Wildman–Crippen MR) is 66.6 cm³/mol. The molecule has 0 aromatic rings. The van der Waals surface area contributed by atoms with Gasteiger partial charge in [0.1, 0.15) is 0 Å². The molecule has 0 spiro atoms. The molecule has 96 valence electrons. The zero-order valence-corrected chi connectivity index (χ0v) is 10.7. The van der Waals surface area contributed by atoms with Crippen molar-refractivity contribution in [1.82, 2.24) is 5.32 Å². The Kier molecular flexibility index (Phi) is 7.01. The molecular weight excluding hydrogens is 202 g/mol. The van der Waals surface area contributed by atoms with Crippen LogP contribution < -0.4 is 5.32 Å². The van der Waals surface area contributed by atoms with Crippen molar-refractivity contribution in [2.45, 2.75) is 70.6 Å². The van der Waals surface area contributed by atoms with Gasteiger partial charge < -0.3 is 15.2 Å². The highest BCUT2D eigenvalue weighted by Crippen LogP contribution is 2.20. The first-order chi connectivity index (χ1) is 7.70. The Bertz CT molecular complexity index is 173. The van der Waals surface area contributed by atoms with E-state index in [2.05, 4.69) is 19.2 Å². The van der Waals surface area contributed by atoms with Crippen LogP contribution in [0.5, 0.6) is 0 Å². The largest absolute Gasteiger partial charge is 0.390 e. The van der Waals surface area contributed by atoms with Crippen molar-refractivity contribution in [2.24, 2.45) is 0 Å². The summed E-state index contributed by atoms with van der Waals surface area (Å²) in [6.07, 6.45) is 6.41. The van der Waals surface area contributed by atoms with Crippen LogP contribution in [0.2, 0.25) is 0 Å². The summed E-state index contributed by atoms with van der Waals surface area (Å²) in [7, 11) is 0. The Morgan fingerprint density at radius 2 is 2.00 bits per heavy atom. The fourth-order valence-electron chi connectivity index (χ4n) is 2.15. The maximum absolute atomic E-state index is 9.85. The molecule has 0 amide bonds. The zero-order valence-electron chi connectivity index (χ0n) is 10.7. The van der Waals surface area contributed by atoms with Crippen LogP contribution in [0.1, 0.15) is 52.4 Å². The monoisotopic (exact) mass is 229 g/mol. The highest BCUT2D eigenvalue weighted by atomic mass is 16.5. The molecule has 0 aromatic carbocycles. The van der Waals surface area contributed by atoms with E-state index in [9.17, 15) is 5.11 Å². The van der Waals surface area contributed by atoms with Crippen molar-refractivity contribution >= 4 is 0 Å². The second kappa shape index (κ2) is 8.04. The summed E-state index contributed by atoms with van der Waals surface area (Å²) in [6, 6.07) is 0.545. The van der Waals surface area contributed by atoms with E-state index < -0.39 is 0 Å². The first-order valence-electron chi connectivity index (χ1n) is 6.73. The zero-order chi connectivity index (χ0) is 11.8. The number of hydrogen-bond acceptors (Lipinski definition) is 3. The Hall–Kier alpha value is -0.120. The molecule has 0 aromatic heterocycles. The Balaban J connectivity index is 2.06. The Morgan fingerprint density at radius 3 is 2.75 bits per heavy atom. The van der Waals surface area contributed by atoms with Crippen LogP contribution >= 0.6 is 0 Å². The minimum Gasteiger partial charge on any atom is -0.390 e. The summed E-state index contributed by atoms with van der Waals surface area (Å²) in [5, 5.41) is 13.2. The minimum absolute atomic E-state index is 0.0848. The van der Waals surface area contributed by atoms with Crippen molar-refractivity contribution in [3.63, 3.8) is 0 Å². The average Bonchev–Trinajstić information content (AvgIpc) is 2.43. The van der Waals surface area contributed by atoms with Gasteiger partial charge in [-0.3, -0.25) is 0 Å². The highest BCUT2D eigenvalue weighted by Gasteiger charge is 2.21. The lowest BCUT2D eigenvalue weighted by Crippen LogP contribution is -2.29. The minimum atomic E-state index is -0.236. The predicted octanol–water partition coefficient (Wildman–Crippen LogP) is 2.08. The Labute approximate surface area is 99.6 Å². The summed E-state index contributed by atoms with van der Waals surface area (Å²) < 4.78 is 5.77. The first-order valence-corrected chi connectivity index (χ1v) is 6.73. The second-order valence-corrected chi connectivity index (χ2v) is 5.08. The van der Waals surface area contributed by atoms with Crippen molar-refractivity contribution in [3.05, 3.63) is 0 Å². The number of hydrogen-bond donors (Lipinski definition) is 2. The van der Waals surface area contributed by atoms with Crippen molar-refractivity contribution in [2.75, 3.05) is 13.2 Å². The molecule has 1 aliphatic carbocycles. The molecule has 1 aliphatic rings. The van der Waals surface area contributed by atoms with Gasteiger partial charge in [-0.2, -0.15) is 0 Å². The lowest BCUT2D eigenvalue weighted by molar-refractivity contribution is -0.0407. The van der Waals surface area contributed by atoms with Crippen LogP contribution in [0.15, 0.2) is 0 Å². The fraction of sp³-hybridized carbons (Fsp3) is 1.00. The number of rotatable bonds is 6. The number of nitrogens with one attached hydrogen (secondary N) is 1. The summed E-state index contributed by atoms with van der Waals surface area (Å²) in [5.74, 6) is 0. The molecule has 1 rings (SSSR count). The standard InChI is InChI=1S/C13H27NO2/c1-11(2)14-9-6-10-16-13-8-5-3-4-7-12(13)15/h11-15H,3-10H2,1-2H3. The van der Waals surface area contributed by atoms with Gasteiger partial charge in [-0.25, -0.2) is 0 Å². The molecule has 2 atom stereocenters. The average molecular weight is 229 g/mol. The number of aliphatic hydroxyl groups excluding tert-OH is 1. The maximum Gasteiger partial charge on any atom is 0.0833 e. The van der Waals surface area contributed by atoms with E-state index in [1.807, 2.05) is 0 Å². The third-order valence-electron chi connectivity index (χ3n) is 3.12. The summed E-state index contributed by atoms with van der Waals surface area (Å²) in [4.78, 5) is 0. The normalized spacial score (nSPS) is 27.0. The summed E-state index contributed by atoms with van der Waals surface area (Å²) in [5.41, 5.74) is 0. The van der Waals surface area contributed by atoms with Gasteiger partial charge in [0.05, 0.1) is 12.2 Å². The van der Waals surface area contributed by atoms with Crippen molar-refractivity contribution in [1.29, 1.82) is 0 Å². The third-order valence-corrected chi connectivity index (χ3v) is 3.12. The molecule has 3 nitrogen and oxygen atoms in total. The molecule has 1 saturated carbocycles. The van der Waals surface area contributed by atoms with Gasteiger partial charge in [-0.05, 0) is 25.8 Å². The summed E-state index contributed by atoms with van der Waals surface area (Å²) in [6.45, 7) is 6.06. The van der Waals surface area contributed by atoms with Gasteiger partial charge in [0.15, 0.2) is 0 Å². The van der Waals surface area contributed by atoms with Crippen LogP contribution in [0, 0.1) is 0 Å². The van der Waals surface area contributed by atoms with Crippen LogP contribution in [-0.4, -0.2) is 36.5 Å². The SMILES string of the molecule is CC(C)NCCCOC1CCCCCC1O. The second-order valence-electron chi connectivity index (χ2n) is 5.08. The molecular formula is C13H27NO2. The van der Waals surface area contributed by atoms with E-state index in [0.29, 0.717) is 6.04 Å². The van der Waals surface area contributed by atoms with E-state index in [1.165, 1.54) is 12.8 Å². The van der Waals surface area contributed by atoms with Crippen LogP contribution in [0.4, 0.5) is 0 Å². The smallest absolute Gasteiger partial charge is 0.0833 e. The van der Waals surface area contributed by atoms with E-state index in [0.717, 1.165) is 38.8 Å². The van der Waals surface area contributed by atoms with Gasteiger partial charge in [0.25, 0.3) is 0 Å². The molecule has 2 N–H and O–H groups in total. The Morgan fingerprint density at radius 1 is 1.25 bits per heavy atom. The van der Waals surface area contributed by atoms with Crippen molar-refractivity contribution in [3.8, 4) is 0 Å². The molecule has 0 aliphatic heterocycles. The number of aliphatic hydroxyl groups is 1. The van der Waals surface area contributed by atoms with Gasteiger partial charge in [-0.1, -0.05) is 33.1 Å². The van der Waals surface area contributed by atoms with Gasteiger partial charge >= 0.3 is 0 Å². The summed E-state index contributed by atoms with van der Waals surface area (Å²) >= 11 is 0. The van der Waals surface area contributed by atoms with Gasteiger partial charge in [0.2, 0.25) is 0 Å². The van der Waals surface area contributed by atoms with E-state index in [-0.39, 0.29) is 12.2 Å². The van der Waals surface area contributed by atoms with Crippen LogP contribution in [0.3, 0.4) is 0 Å². The van der Waals surface area contributed by atoms with Crippen molar-refractivity contribution < 1.29 is 9.84 Å². The quantitative estimate of drug-likeness (QED) is 0.541. The van der Waals surface area contributed by atoms with E-state index >= 15 is 0 Å². The van der Waals surface area contributed by atoms with E-state index in [1.54, 1.807) is 0 Å². The topological polar surface area (TPSA) is 41.5 Å². The maximum atomic E-state index is 9.85. The third kappa shape index (κ3) is 5.83. The lowest BCUT2D eigenvalue weighted by Gasteiger charge is -2.21. The number of ether oxygens (including phenoxy) is 1. The molecule has 3 heteroatoms. The molecule has 2 unspecified atom stereocenters. The lowest BCUT2D eigenvalue weighted by atomic mass is 10.1. The molecule has 0 bridgehead atoms.